The molecule has 1 aliphatic heterocycles. The standard InChI is InChI=1S/C21H20O9/c1-8-5-10-14(11(23)6-8)18(26)15-9(16(10)24)3-2-4-12(15)29-21-20(28)19(27)17(25)13(7-22)30-21/h2-6,13,17,19-23,25,27-28H,7H2,1H3/t13-,17-,19+,20-,21-/m0/s1. The zero-order valence-corrected chi connectivity index (χ0v) is 15.8. The molecule has 2 aromatic rings. The van der Waals surface area contributed by atoms with Gasteiger partial charge in [-0.25, -0.2) is 0 Å². The minimum atomic E-state index is -1.68. The lowest BCUT2D eigenvalue weighted by atomic mass is 9.82. The second kappa shape index (κ2) is 7.46. The zero-order valence-electron chi connectivity index (χ0n) is 15.8. The number of fused-ring (bicyclic) bond motifs is 2. The highest BCUT2D eigenvalue weighted by Crippen LogP contribution is 2.38. The average Bonchev–Trinajstić information content (AvgIpc) is 2.71. The summed E-state index contributed by atoms with van der Waals surface area (Å²) in [4.78, 5) is 26.1. The van der Waals surface area contributed by atoms with Crippen LogP contribution in [0, 0.1) is 6.92 Å². The van der Waals surface area contributed by atoms with E-state index in [1.165, 1.54) is 30.3 Å². The molecule has 9 nitrogen and oxygen atoms in total. The van der Waals surface area contributed by atoms with E-state index in [2.05, 4.69) is 0 Å². The predicted octanol–water partition coefficient (Wildman–Crippen LogP) is -0.345. The first-order chi connectivity index (χ1) is 14.2. The molecule has 0 radical (unpaired) electrons. The Hall–Kier alpha value is -2.82. The molecule has 1 fully saturated rings. The van der Waals surface area contributed by atoms with E-state index in [1.807, 2.05) is 0 Å². The van der Waals surface area contributed by atoms with Crippen LogP contribution in [0.5, 0.6) is 11.5 Å². The van der Waals surface area contributed by atoms with Crippen molar-refractivity contribution in [1.82, 2.24) is 0 Å². The quantitative estimate of drug-likeness (QED) is 0.386. The van der Waals surface area contributed by atoms with E-state index in [4.69, 9.17) is 9.47 Å². The van der Waals surface area contributed by atoms with Gasteiger partial charge < -0.3 is 35.0 Å². The maximum atomic E-state index is 13.1. The molecule has 0 saturated carbocycles. The summed E-state index contributed by atoms with van der Waals surface area (Å²) >= 11 is 0. The minimum Gasteiger partial charge on any atom is -0.507 e. The lowest BCUT2D eigenvalue weighted by Gasteiger charge is -2.39. The molecule has 9 heteroatoms. The maximum absolute atomic E-state index is 13.1. The van der Waals surface area contributed by atoms with Crippen molar-refractivity contribution in [2.75, 3.05) is 6.61 Å². The monoisotopic (exact) mass is 416 g/mol. The number of ether oxygens (including phenoxy) is 2. The number of ketones is 2. The maximum Gasteiger partial charge on any atom is 0.229 e. The Morgan fingerprint density at radius 1 is 0.967 bits per heavy atom. The smallest absolute Gasteiger partial charge is 0.229 e. The third-order valence-electron chi connectivity index (χ3n) is 5.32. The summed E-state index contributed by atoms with van der Waals surface area (Å²) in [6.07, 6.45) is -7.63. The molecule has 158 valence electrons. The predicted molar refractivity (Wildman–Crippen MR) is 101 cm³/mol. The van der Waals surface area contributed by atoms with Crippen LogP contribution in [-0.2, 0) is 4.74 Å². The number of hydrogen-bond acceptors (Lipinski definition) is 9. The van der Waals surface area contributed by atoms with Gasteiger partial charge in [0.1, 0.15) is 35.9 Å². The van der Waals surface area contributed by atoms with Gasteiger partial charge in [-0.1, -0.05) is 12.1 Å². The molecule has 0 unspecified atom stereocenters. The first-order valence-corrected chi connectivity index (χ1v) is 9.27. The molecule has 0 aromatic heterocycles. The number of aromatic hydroxyl groups is 1. The van der Waals surface area contributed by atoms with Crippen LogP contribution in [0.3, 0.4) is 0 Å². The highest BCUT2D eigenvalue weighted by atomic mass is 16.7. The van der Waals surface area contributed by atoms with Crippen molar-refractivity contribution in [2.45, 2.75) is 37.6 Å². The van der Waals surface area contributed by atoms with E-state index < -0.39 is 48.9 Å². The molecule has 0 bridgehead atoms. The number of benzene rings is 2. The van der Waals surface area contributed by atoms with Crippen LogP contribution >= 0.6 is 0 Å². The number of rotatable bonds is 3. The fourth-order valence-corrected chi connectivity index (χ4v) is 3.80. The van der Waals surface area contributed by atoms with Gasteiger partial charge in [0.15, 0.2) is 5.78 Å². The molecule has 4 rings (SSSR count). The van der Waals surface area contributed by atoms with Crippen molar-refractivity contribution in [3.05, 3.63) is 58.1 Å². The van der Waals surface area contributed by atoms with Gasteiger partial charge in [-0.2, -0.15) is 0 Å². The van der Waals surface area contributed by atoms with Crippen LogP contribution in [0.25, 0.3) is 0 Å². The van der Waals surface area contributed by atoms with Gasteiger partial charge in [0.25, 0.3) is 0 Å². The van der Waals surface area contributed by atoms with Crippen molar-refractivity contribution in [2.24, 2.45) is 0 Å². The molecule has 0 amide bonds. The lowest BCUT2D eigenvalue weighted by Crippen LogP contribution is -2.60. The minimum absolute atomic E-state index is 0.0552. The fourth-order valence-electron chi connectivity index (χ4n) is 3.80. The largest absolute Gasteiger partial charge is 0.507 e. The molecular weight excluding hydrogens is 396 g/mol. The first kappa shape index (κ1) is 20.5. The Balaban J connectivity index is 1.75. The topological polar surface area (TPSA) is 154 Å². The third kappa shape index (κ3) is 3.08. The molecule has 1 heterocycles. The van der Waals surface area contributed by atoms with E-state index in [9.17, 15) is 35.1 Å². The number of aliphatic hydroxyl groups is 4. The van der Waals surface area contributed by atoms with Crippen LogP contribution in [0.1, 0.15) is 37.4 Å². The highest BCUT2D eigenvalue weighted by Gasteiger charge is 2.45. The van der Waals surface area contributed by atoms with Crippen molar-refractivity contribution in [3.8, 4) is 11.5 Å². The van der Waals surface area contributed by atoms with E-state index >= 15 is 0 Å². The lowest BCUT2D eigenvalue weighted by molar-refractivity contribution is -0.277. The van der Waals surface area contributed by atoms with Gasteiger partial charge >= 0.3 is 0 Å². The third-order valence-corrected chi connectivity index (χ3v) is 5.32. The summed E-state index contributed by atoms with van der Waals surface area (Å²) in [6.45, 7) is 1.04. The molecule has 0 spiro atoms. The second-order valence-electron chi connectivity index (χ2n) is 7.36. The molecule has 1 saturated heterocycles. The molecular formula is C21H20O9. The van der Waals surface area contributed by atoms with E-state index in [1.54, 1.807) is 6.92 Å². The summed E-state index contributed by atoms with van der Waals surface area (Å²) in [7, 11) is 0. The van der Waals surface area contributed by atoms with Crippen LogP contribution < -0.4 is 4.74 Å². The van der Waals surface area contributed by atoms with E-state index in [-0.39, 0.29) is 33.8 Å². The highest BCUT2D eigenvalue weighted by molar-refractivity contribution is 6.30. The Bertz CT molecular complexity index is 1030. The van der Waals surface area contributed by atoms with Crippen molar-refractivity contribution < 1.29 is 44.6 Å². The Kier molecular flexibility index (Phi) is 5.08. The summed E-state index contributed by atoms with van der Waals surface area (Å²) < 4.78 is 10.9. The molecule has 5 N–H and O–H groups in total. The molecule has 2 aromatic carbocycles. The van der Waals surface area contributed by atoms with Crippen LogP contribution in [0.15, 0.2) is 30.3 Å². The summed E-state index contributed by atoms with van der Waals surface area (Å²) in [5.41, 5.74) is 0.480. The summed E-state index contributed by atoms with van der Waals surface area (Å²) in [6, 6.07) is 7.18. The summed E-state index contributed by atoms with van der Waals surface area (Å²) in [5, 5.41) is 49.6. The Morgan fingerprint density at radius 3 is 2.40 bits per heavy atom. The Labute approximate surface area is 170 Å². The summed E-state index contributed by atoms with van der Waals surface area (Å²) in [5.74, 6) is -1.56. The zero-order chi connectivity index (χ0) is 21.7. The first-order valence-electron chi connectivity index (χ1n) is 9.27. The molecule has 1 aliphatic carbocycles. The van der Waals surface area contributed by atoms with Crippen LogP contribution in [0.2, 0.25) is 0 Å². The number of phenols is 1. The number of phenolic OH excluding ortho intramolecular Hbond substituents is 1. The van der Waals surface area contributed by atoms with Gasteiger partial charge in [-0.15, -0.1) is 0 Å². The molecule has 30 heavy (non-hydrogen) atoms. The van der Waals surface area contributed by atoms with Gasteiger partial charge in [0.05, 0.1) is 17.7 Å². The van der Waals surface area contributed by atoms with E-state index in [0.717, 1.165) is 0 Å². The van der Waals surface area contributed by atoms with Crippen LogP contribution in [0.4, 0.5) is 0 Å². The number of hydrogen-bond donors (Lipinski definition) is 5. The number of carbonyl (C=O) groups is 2. The SMILES string of the molecule is Cc1cc(O)c2c(c1)C(=O)c1cccc(O[C@H]3O[C@@H](CO)[C@H](O)[C@@H](O)[C@@H]3O)c1C2=O. The normalized spacial score (nSPS) is 28.1. The molecule has 5 atom stereocenters. The van der Waals surface area contributed by atoms with Gasteiger partial charge in [0, 0.05) is 11.1 Å². The molecule has 2 aliphatic rings. The second-order valence-corrected chi connectivity index (χ2v) is 7.36. The fraction of sp³-hybridized carbons (Fsp3) is 0.333. The van der Waals surface area contributed by atoms with Crippen molar-refractivity contribution in [1.29, 1.82) is 0 Å². The number of aryl methyl sites for hydroxylation is 1. The number of carbonyl (C=O) groups excluding carboxylic acids is 2. The van der Waals surface area contributed by atoms with Gasteiger partial charge in [-0.3, -0.25) is 9.59 Å². The van der Waals surface area contributed by atoms with Gasteiger partial charge in [0.2, 0.25) is 12.1 Å². The number of aliphatic hydroxyl groups excluding tert-OH is 4. The van der Waals surface area contributed by atoms with Crippen molar-refractivity contribution in [3.63, 3.8) is 0 Å². The van der Waals surface area contributed by atoms with E-state index in [0.29, 0.717) is 5.56 Å². The van der Waals surface area contributed by atoms with Crippen LogP contribution in [-0.4, -0.2) is 74.4 Å². The average molecular weight is 416 g/mol. The van der Waals surface area contributed by atoms with Crippen molar-refractivity contribution >= 4 is 11.6 Å². The Morgan fingerprint density at radius 2 is 1.70 bits per heavy atom. The van der Waals surface area contributed by atoms with Gasteiger partial charge in [-0.05, 0) is 30.7 Å².